The Hall–Kier alpha value is -1.14. The maximum atomic E-state index is 11.1. The molecular weight excluding hydrogens is 212 g/mol. The van der Waals surface area contributed by atoms with Crippen LogP contribution in [-0.2, 0) is 9.59 Å². The van der Waals surface area contributed by atoms with Crippen LogP contribution in [-0.4, -0.2) is 58.8 Å². The molecule has 0 aromatic rings. The van der Waals surface area contributed by atoms with Gasteiger partial charge < -0.3 is 15.5 Å². The van der Waals surface area contributed by atoms with Crippen molar-refractivity contribution in [3.05, 3.63) is 0 Å². The van der Waals surface area contributed by atoms with Crippen LogP contribution < -0.4 is 5.32 Å². The van der Waals surface area contributed by atoms with E-state index in [2.05, 4.69) is 5.32 Å². The lowest BCUT2D eigenvalue weighted by atomic mass is 10.1. The van der Waals surface area contributed by atoms with Crippen molar-refractivity contribution in [2.45, 2.75) is 31.8 Å². The highest BCUT2D eigenvalue weighted by atomic mass is 16.4. The standard InChI is InChI=1S/C10H18N2O4/c1-2-3-7(9(13)14)12-5-4-11-6-8(12)10(15)16/h7-8,11H,2-6H2,1H3,(H,13,14)(H,15,16). The van der Waals surface area contributed by atoms with Gasteiger partial charge in [0.1, 0.15) is 12.1 Å². The lowest BCUT2D eigenvalue weighted by Crippen LogP contribution is -2.60. The molecule has 0 radical (unpaired) electrons. The highest BCUT2D eigenvalue weighted by Crippen LogP contribution is 2.14. The number of carbonyl (C=O) groups is 2. The van der Waals surface area contributed by atoms with Crippen molar-refractivity contribution in [3.8, 4) is 0 Å². The van der Waals surface area contributed by atoms with Crippen LogP contribution in [0.2, 0.25) is 0 Å². The Morgan fingerprint density at radius 3 is 2.69 bits per heavy atom. The van der Waals surface area contributed by atoms with Gasteiger partial charge in [-0.15, -0.1) is 0 Å². The van der Waals surface area contributed by atoms with Crippen molar-refractivity contribution in [1.29, 1.82) is 0 Å². The number of nitrogens with one attached hydrogen (secondary N) is 1. The van der Waals surface area contributed by atoms with Crippen molar-refractivity contribution in [3.63, 3.8) is 0 Å². The van der Waals surface area contributed by atoms with Crippen LogP contribution >= 0.6 is 0 Å². The molecule has 0 aromatic carbocycles. The lowest BCUT2D eigenvalue weighted by molar-refractivity contribution is -0.151. The topological polar surface area (TPSA) is 89.9 Å². The molecule has 1 aliphatic heterocycles. The Kier molecular flexibility index (Phi) is 4.70. The van der Waals surface area contributed by atoms with E-state index >= 15 is 0 Å². The summed E-state index contributed by atoms with van der Waals surface area (Å²) >= 11 is 0. The number of nitrogens with zero attached hydrogens (tertiary/aromatic N) is 1. The molecule has 92 valence electrons. The summed E-state index contributed by atoms with van der Waals surface area (Å²) in [4.78, 5) is 23.7. The fourth-order valence-corrected chi connectivity index (χ4v) is 2.03. The zero-order chi connectivity index (χ0) is 12.1. The quantitative estimate of drug-likeness (QED) is 0.595. The number of rotatable bonds is 5. The number of piperazine rings is 1. The van der Waals surface area contributed by atoms with Crippen molar-refractivity contribution in [1.82, 2.24) is 10.2 Å². The van der Waals surface area contributed by atoms with E-state index < -0.39 is 24.0 Å². The summed E-state index contributed by atoms with van der Waals surface area (Å²) in [6.07, 6.45) is 1.21. The second kappa shape index (κ2) is 5.81. The molecule has 16 heavy (non-hydrogen) atoms. The third-order valence-electron chi connectivity index (χ3n) is 2.82. The van der Waals surface area contributed by atoms with E-state index in [1.807, 2.05) is 6.92 Å². The second-order valence-corrected chi connectivity index (χ2v) is 3.94. The van der Waals surface area contributed by atoms with E-state index in [0.717, 1.165) is 6.42 Å². The molecule has 1 saturated heterocycles. The summed E-state index contributed by atoms with van der Waals surface area (Å²) in [5.41, 5.74) is 0. The van der Waals surface area contributed by atoms with Gasteiger partial charge in [0.15, 0.2) is 0 Å². The van der Waals surface area contributed by atoms with Gasteiger partial charge in [0.05, 0.1) is 0 Å². The number of carboxylic acids is 2. The Balaban J connectivity index is 2.78. The first-order valence-corrected chi connectivity index (χ1v) is 5.50. The van der Waals surface area contributed by atoms with E-state index in [0.29, 0.717) is 26.1 Å². The molecule has 2 atom stereocenters. The Bertz CT molecular complexity index is 270. The maximum absolute atomic E-state index is 11.1. The van der Waals surface area contributed by atoms with Crippen molar-refractivity contribution >= 4 is 11.9 Å². The molecule has 1 aliphatic rings. The molecule has 6 nitrogen and oxygen atoms in total. The van der Waals surface area contributed by atoms with Gasteiger partial charge in [0, 0.05) is 19.6 Å². The third-order valence-corrected chi connectivity index (χ3v) is 2.82. The van der Waals surface area contributed by atoms with Crippen LogP contribution in [0.5, 0.6) is 0 Å². The Labute approximate surface area is 94.2 Å². The zero-order valence-electron chi connectivity index (χ0n) is 9.35. The Morgan fingerprint density at radius 1 is 1.50 bits per heavy atom. The van der Waals surface area contributed by atoms with Crippen LogP contribution in [0.25, 0.3) is 0 Å². The predicted octanol–water partition coefficient (Wildman–Crippen LogP) is -0.402. The highest BCUT2D eigenvalue weighted by Gasteiger charge is 2.36. The van der Waals surface area contributed by atoms with Crippen molar-refractivity contribution in [2.24, 2.45) is 0 Å². The van der Waals surface area contributed by atoms with Crippen LogP contribution in [0.3, 0.4) is 0 Å². The summed E-state index contributed by atoms with van der Waals surface area (Å²) in [5.74, 6) is -1.90. The average Bonchev–Trinajstić information content (AvgIpc) is 2.25. The summed E-state index contributed by atoms with van der Waals surface area (Å²) in [5, 5.41) is 21.1. The molecule has 0 spiro atoms. The summed E-state index contributed by atoms with van der Waals surface area (Å²) < 4.78 is 0. The molecule has 0 saturated carbocycles. The monoisotopic (exact) mass is 230 g/mol. The normalized spacial score (nSPS) is 23.9. The summed E-state index contributed by atoms with van der Waals surface area (Å²) in [6, 6.07) is -1.42. The molecule has 6 heteroatoms. The van der Waals surface area contributed by atoms with Crippen LogP contribution in [0.1, 0.15) is 19.8 Å². The van der Waals surface area contributed by atoms with Crippen molar-refractivity contribution in [2.75, 3.05) is 19.6 Å². The second-order valence-electron chi connectivity index (χ2n) is 3.94. The van der Waals surface area contributed by atoms with E-state index in [-0.39, 0.29) is 0 Å². The Morgan fingerprint density at radius 2 is 2.19 bits per heavy atom. The molecule has 1 rings (SSSR count). The van der Waals surface area contributed by atoms with Gasteiger partial charge in [-0.3, -0.25) is 14.5 Å². The van der Waals surface area contributed by atoms with Crippen LogP contribution in [0.4, 0.5) is 0 Å². The minimum Gasteiger partial charge on any atom is -0.480 e. The van der Waals surface area contributed by atoms with E-state index in [1.165, 1.54) is 0 Å². The van der Waals surface area contributed by atoms with Gasteiger partial charge in [0.25, 0.3) is 0 Å². The van der Waals surface area contributed by atoms with Gasteiger partial charge in [-0.2, -0.15) is 0 Å². The first-order valence-electron chi connectivity index (χ1n) is 5.50. The summed E-state index contributed by atoms with van der Waals surface area (Å²) in [7, 11) is 0. The van der Waals surface area contributed by atoms with E-state index in [1.54, 1.807) is 4.90 Å². The number of hydrogen-bond donors (Lipinski definition) is 3. The molecule has 1 heterocycles. The molecule has 2 unspecified atom stereocenters. The third kappa shape index (κ3) is 2.93. The van der Waals surface area contributed by atoms with E-state index in [9.17, 15) is 9.59 Å². The van der Waals surface area contributed by atoms with E-state index in [4.69, 9.17) is 10.2 Å². The number of aliphatic carboxylic acids is 2. The molecular formula is C10H18N2O4. The number of hydrogen-bond acceptors (Lipinski definition) is 4. The van der Waals surface area contributed by atoms with Gasteiger partial charge in [-0.25, -0.2) is 0 Å². The largest absolute Gasteiger partial charge is 0.480 e. The fourth-order valence-electron chi connectivity index (χ4n) is 2.03. The molecule has 0 aromatic heterocycles. The minimum atomic E-state index is -0.963. The van der Waals surface area contributed by atoms with Gasteiger partial charge in [-0.05, 0) is 6.42 Å². The zero-order valence-corrected chi connectivity index (χ0v) is 9.35. The predicted molar refractivity (Wildman–Crippen MR) is 57.3 cm³/mol. The van der Waals surface area contributed by atoms with Crippen LogP contribution in [0.15, 0.2) is 0 Å². The van der Waals surface area contributed by atoms with Gasteiger partial charge in [-0.1, -0.05) is 13.3 Å². The molecule has 0 amide bonds. The van der Waals surface area contributed by atoms with Gasteiger partial charge >= 0.3 is 11.9 Å². The summed E-state index contributed by atoms with van der Waals surface area (Å²) in [6.45, 7) is 3.31. The smallest absolute Gasteiger partial charge is 0.322 e. The molecule has 1 fully saturated rings. The first-order chi connectivity index (χ1) is 7.57. The maximum Gasteiger partial charge on any atom is 0.322 e. The number of carboxylic acid groups (broad SMARTS) is 2. The first kappa shape index (κ1) is 12.9. The molecule has 0 bridgehead atoms. The average molecular weight is 230 g/mol. The lowest BCUT2D eigenvalue weighted by Gasteiger charge is -2.37. The van der Waals surface area contributed by atoms with Gasteiger partial charge in [0.2, 0.25) is 0 Å². The minimum absolute atomic E-state index is 0.308. The van der Waals surface area contributed by atoms with Crippen molar-refractivity contribution < 1.29 is 19.8 Å². The molecule has 3 N–H and O–H groups in total. The molecule has 0 aliphatic carbocycles. The fraction of sp³-hybridized carbons (Fsp3) is 0.800. The van der Waals surface area contributed by atoms with Crippen LogP contribution in [0, 0.1) is 0 Å². The SMILES string of the molecule is CCCC(C(=O)O)N1CCNCC1C(=O)O. The highest BCUT2D eigenvalue weighted by molar-refractivity contribution is 5.77.